The van der Waals surface area contributed by atoms with E-state index in [0.29, 0.717) is 5.56 Å². The van der Waals surface area contributed by atoms with Crippen molar-refractivity contribution < 1.29 is 4.39 Å². The number of anilines is 1. The highest BCUT2D eigenvalue weighted by Crippen LogP contribution is 2.31. The number of nitrogens with zero attached hydrogens (tertiary/aromatic N) is 4. The molecule has 102 valence electrons. The third-order valence-electron chi connectivity index (χ3n) is 2.75. The maximum atomic E-state index is 13.8. The molecular weight excluding hydrogens is 299 g/mol. The minimum absolute atomic E-state index is 0.0220. The first-order chi connectivity index (χ1) is 9.54. The number of benzene rings is 1. The smallest absolute Gasteiger partial charge is 0.223 e. The normalized spacial score (nSPS) is 11.0. The van der Waals surface area contributed by atoms with Crippen LogP contribution < -0.4 is 4.90 Å². The zero-order valence-corrected chi connectivity index (χ0v) is 12.3. The molecule has 0 saturated carbocycles. The van der Waals surface area contributed by atoms with Crippen molar-refractivity contribution in [2.75, 3.05) is 19.0 Å². The lowest BCUT2D eigenvalue weighted by Crippen LogP contribution is -2.07. The molecule has 2 heterocycles. The van der Waals surface area contributed by atoms with Crippen molar-refractivity contribution in [1.29, 1.82) is 0 Å². The minimum atomic E-state index is -0.503. The number of hydrogen-bond donors (Lipinski definition) is 0. The van der Waals surface area contributed by atoms with Crippen molar-refractivity contribution in [3.8, 4) is 11.3 Å². The Hall–Kier alpha value is -1.79. The van der Waals surface area contributed by atoms with Gasteiger partial charge >= 0.3 is 0 Å². The van der Waals surface area contributed by atoms with Gasteiger partial charge in [-0.1, -0.05) is 17.4 Å². The number of fused-ring (bicyclic) bond motifs is 1. The summed E-state index contributed by atoms with van der Waals surface area (Å²) in [4.78, 5) is 14.0. The van der Waals surface area contributed by atoms with Crippen molar-refractivity contribution in [2.45, 2.75) is 0 Å². The summed E-state index contributed by atoms with van der Waals surface area (Å²) in [5.74, 6) is -0.503. The van der Waals surface area contributed by atoms with Crippen LogP contribution in [0.15, 0.2) is 24.4 Å². The van der Waals surface area contributed by atoms with E-state index in [1.165, 1.54) is 0 Å². The lowest BCUT2D eigenvalue weighted by Gasteiger charge is -2.04. The van der Waals surface area contributed by atoms with Crippen molar-refractivity contribution in [2.24, 2.45) is 0 Å². The highest BCUT2D eigenvalue weighted by Gasteiger charge is 2.12. The predicted molar refractivity (Wildman–Crippen MR) is 79.9 cm³/mol. The SMILES string of the molecule is CN(C)c1nc2cc(-c3nc(Cl)ncc3F)ccc2s1. The molecule has 0 fully saturated rings. The van der Waals surface area contributed by atoms with E-state index < -0.39 is 5.82 Å². The van der Waals surface area contributed by atoms with Crippen LogP contribution in [0, 0.1) is 5.82 Å². The average molecular weight is 309 g/mol. The summed E-state index contributed by atoms with van der Waals surface area (Å²) in [5.41, 5.74) is 1.63. The van der Waals surface area contributed by atoms with Crippen LogP contribution in [0.1, 0.15) is 0 Å². The molecule has 4 nitrogen and oxygen atoms in total. The Balaban J connectivity index is 2.15. The molecule has 0 atom stereocenters. The molecule has 20 heavy (non-hydrogen) atoms. The van der Waals surface area contributed by atoms with Crippen LogP contribution in [0.25, 0.3) is 21.5 Å². The van der Waals surface area contributed by atoms with Crippen molar-refractivity contribution in [3.63, 3.8) is 0 Å². The van der Waals surface area contributed by atoms with Crippen LogP contribution in [-0.4, -0.2) is 29.0 Å². The van der Waals surface area contributed by atoms with Gasteiger partial charge < -0.3 is 4.90 Å². The largest absolute Gasteiger partial charge is 0.354 e. The Bertz CT molecular complexity index is 787. The van der Waals surface area contributed by atoms with Crippen molar-refractivity contribution >= 4 is 38.3 Å². The van der Waals surface area contributed by atoms with E-state index in [4.69, 9.17) is 11.6 Å². The Morgan fingerprint density at radius 3 is 2.80 bits per heavy atom. The molecule has 0 saturated heterocycles. The van der Waals surface area contributed by atoms with Gasteiger partial charge in [-0.05, 0) is 23.7 Å². The van der Waals surface area contributed by atoms with Gasteiger partial charge in [0.05, 0.1) is 16.4 Å². The van der Waals surface area contributed by atoms with Gasteiger partial charge in [0.15, 0.2) is 10.9 Å². The van der Waals surface area contributed by atoms with Gasteiger partial charge in [0.25, 0.3) is 0 Å². The first-order valence-corrected chi connectivity index (χ1v) is 7.00. The van der Waals surface area contributed by atoms with E-state index in [2.05, 4.69) is 15.0 Å². The lowest BCUT2D eigenvalue weighted by atomic mass is 10.1. The minimum Gasteiger partial charge on any atom is -0.354 e. The van der Waals surface area contributed by atoms with E-state index in [-0.39, 0.29) is 11.0 Å². The molecule has 0 amide bonds. The maximum absolute atomic E-state index is 13.8. The van der Waals surface area contributed by atoms with Gasteiger partial charge in [0, 0.05) is 19.7 Å². The van der Waals surface area contributed by atoms with E-state index in [1.807, 2.05) is 31.1 Å². The van der Waals surface area contributed by atoms with Gasteiger partial charge in [-0.15, -0.1) is 0 Å². The van der Waals surface area contributed by atoms with E-state index >= 15 is 0 Å². The second kappa shape index (κ2) is 4.96. The number of halogens is 2. The van der Waals surface area contributed by atoms with Gasteiger partial charge in [-0.2, -0.15) is 0 Å². The fourth-order valence-electron chi connectivity index (χ4n) is 1.80. The number of rotatable bonds is 2. The molecule has 1 aromatic carbocycles. The molecular formula is C13H10ClFN4S. The summed E-state index contributed by atoms with van der Waals surface area (Å²) in [5, 5.41) is 0.923. The third kappa shape index (κ3) is 2.32. The van der Waals surface area contributed by atoms with E-state index in [1.54, 1.807) is 17.4 Å². The Kier molecular flexibility index (Phi) is 3.27. The Morgan fingerprint density at radius 2 is 2.05 bits per heavy atom. The zero-order valence-electron chi connectivity index (χ0n) is 10.8. The molecule has 2 aromatic heterocycles. The van der Waals surface area contributed by atoms with Gasteiger partial charge in [0.1, 0.15) is 5.69 Å². The van der Waals surface area contributed by atoms with Crippen LogP contribution in [0.4, 0.5) is 9.52 Å². The van der Waals surface area contributed by atoms with E-state index in [9.17, 15) is 4.39 Å². The van der Waals surface area contributed by atoms with Crippen molar-refractivity contribution in [1.82, 2.24) is 15.0 Å². The average Bonchev–Trinajstić information content (AvgIpc) is 2.84. The van der Waals surface area contributed by atoms with Crippen LogP contribution in [0.2, 0.25) is 5.28 Å². The standard InChI is InChI=1S/C13H10ClFN4S/c1-19(2)13-17-9-5-7(3-4-10(9)20-13)11-8(15)6-16-12(14)18-11/h3-6H,1-2H3. The summed E-state index contributed by atoms with van der Waals surface area (Å²) in [6.07, 6.45) is 1.07. The Morgan fingerprint density at radius 1 is 1.25 bits per heavy atom. The summed E-state index contributed by atoms with van der Waals surface area (Å²) < 4.78 is 14.8. The monoisotopic (exact) mass is 308 g/mol. The van der Waals surface area contributed by atoms with Crippen LogP contribution in [0.5, 0.6) is 0 Å². The number of hydrogen-bond acceptors (Lipinski definition) is 5. The fraction of sp³-hybridized carbons (Fsp3) is 0.154. The molecule has 0 aliphatic carbocycles. The zero-order chi connectivity index (χ0) is 14.3. The Labute approximate surface area is 123 Å². The van der Waals surface area contributed by atoms with Gasteiger partial charge in [0.2, 0.25) is 5.28 Å². The van der Waals surface area contributed by atoms with Crippen molar-refractivity contribution in [3.05, 3.63) is 35.5 Å². The molecule has 0 N–H and O–H groups in total. The maximum Gasteiger partial charge on any atom is 0.223 e. The predicted octanol–water partition coefficient (Wildman–Crippen LogP) is 3.61. The molecule has 7 heteroatoms. The second-order valence-electron chi connectivity index (χ2n) is 4.41. The van der Waals surface area contributed by atoms with Crippen LogP contribution in [0.3, 0.4) is 0 Å². The molecule has 0 unspecified atom stereocenters. The van der Waals surface area contributed by atoms with Crippen LogP contribution >= 0.6 is 22.9 Å². The quantitative estimate of drug-likeness (QED) is 0.678. The van der Waals surface area contributed by atoms with Gasteiger partial charge in [-0.3, -0.25) is 0 Å². The molecule has 0 aliphatic heterocycles. The summed E-state index contributed by atoms with van der Waals surface area (Å²) >= 11 is 7.30. The molecule has 0 bridgehead atoms. The fourth-order valence-corrected chi connectivity index (χ4v) is 2.80. The summed E-state index contributed by atoms with van der Waals surface area (Å²) in [6.45, 7) is 0. The molecule has 3 rings (SSSR count). The van der Waals surface area contributed by atoms with Crippen LogP contribution in [-0.2, 0) is 0 Å². The highest BCUT2D eigenvalue weighted by molar-refractivity contribution is 7.22. The lowest BCUT2D eigenvalue weighted by molar-refractivity contribution is 0.618. The topological polar surface area (TPSA) is 41.9 Å². The molecule has 0 aliphatic rings. The van der Waals surface area contributed by atoms with Gasteiger partial charge in [-0.25, -0.2) is 19.3 Å². The number of aromatic nitrogens is 3. The molecule has 0 spiro atoms. The second-order valence-corrected chi connectivity index (χ2v) is 5.76. The number of thiazole rings is 1. The highest BCUT2D eigenvalue weighted by atomic mass is 35.5. The molecule has 3 aromatic rings. The summed E-state index contributed by atoms with van der Waals surface area (Å²) in [7, 11) is 3.87. The first-order valence-electron chi connectivity index (χ1n) is 5.81. The molecule has 0 radical (unpaired) electrons. The third-order valence-corrected chi connectivity index (χ3v) is 4.13. The van der Waals surface area contributed by atoms with E-state index in [0.717, 1.165) is 21.5 Å². The first kappa shape index (κ1) is 13.2. The summed E-state index contributed by atoms with van der Waals surface area (Å²) in [6, 6.07) is 5.52.